The molecule has 1 aliphatic rings. The van der Waals surface area contributed by atoms with E-state index in [0.717, 1.165) is 7.05 Å². The molecule has 1 saturated heterocycles. The van der Waals surface area contributed by atoms with Crippen molar-refractivity contribution in [3.8, 4) is 0 Å². The average molecular weight is 371 g/mol. The first-order valence-electron chi connectivity index (χ1n) is 6.24. The van der Waals surface area contributed by atoms with Gasteiger partial charge in [0.1, 0.15) is 6.04 Å². The average Bonchev–Trinajstić information content (AvgIpc) is 2.79. The fraction of sp³-hybridized carbons (Fsp3) is 0.500. The Morgan fingerprint density at radius 2 is 2.12 bits per heavy atom. The Morgan fingerprint density at radius 3 is 2.67 bits per heavy atom. The van der Waals surface area contributed by atoms with Crippen LogP contribution in [0.2, 0.25) is 0 Å². The summed E-state index contributed by atoms with van der Waals surface area (Å²) >= 11 is 0. The monoisotopic (exact) mass is 371 g/mol. The quantitative estimate of drug-likeness (QED) is 0.385. The Balaban J connectivity index is 2.36. The van der Waals surface area contributed by atoms with Crippen molar-refractivity contribution < 1.29 is 38.0 Å². The number of H-pyrrole nitrogens is 1. The molecule has 0 aliphatic carbocycles. The second-order valence-corrected chi connectivity index (χ2v) is 5.66. The molecule has 0 bridgehead atoms. The van der Waals surface area contributed by atoms with Crippen LogP contribution in [0, 0.1) is 5.82 Å². The number of alkyl halides is 1. The molecule has 14 heteroatoms. The molecule has 0 unspecified atom stereocenters. The van der Waals surface area contributed by atoms with E-state index in [2.05, 4.69) is 4.74 Å². The molecular weight excluding hydrogens is 359 g/mol. The summed E-state index contributed by atoms with van der Waals surface area (Å²) in [5, 5.41) is 9.74. The van der Waals surface area contributed by atoms with E-state index in [-0.39, 0.29) is 5.06 Å². The van der Waals surface area contributed by atoms with Crippen LogP contribution < -0.4 is 11.2 Å². The summed E-state index contributed by atoms with van der Waals surface area (Å²) in [5.74, 6) is -1.39. The lowest BCUT2D eigenvalue weighted by Crippen LogP contribution is -2.44. The number of likely N-dealkylation sites (N-methyl/N-ethyl adjacent to an activating group) is 1. The normalized spacial score (nSPS) is 27.0. The number of hydrogen-bond donors (Lipinski definition) is 4. The standard InChI is InChI=1S/C10H12F2N3O8P/c1-14(19)5-4(12)7(22-8(5)23-10(18)24(20)21)15-2-3(11)6(16)13-9(15)17/h2,4-5,7-8,19-21H,1H3,(H,13,16,17)/t4-,5+,7-,8-/m1/s1. The Bertz CT molecular complexity index is 738. The van der Waals surface area contributed by atoms with Crippen molar-refractivity contribution in [2.24, 2.45) is 0 Å². The summed E-state index contributed by atoms with van der Waals surface area (Å²) in [6, 6.07) is -1.66. The third kappa shape index (κ3) is 3.50. The predicted octanol–water partition coefficient (Wildman–Crippen LogP) is -1.01. The van der Waals surface area contributed by atoms with Gasteiger partial charge in [0.05, 0.1) is 6.20 Å². The first-order valence-corrected chi connectivity index (χ1v) is 7.49. The smallest absolute Gasteiger partial charge is 0.386 e. The molecule has 24 heavy (non-hydrogen) atoms. The number of rotatable bonds is 4. The van der Waals surface area contributed by atoms with Crippen LogP contribution in [0.25, 0.3) is 0 Å². The van der Waals surface area contributed by atoms with Gasteiger partial charge < -0.3 is 24.5 Å². The summed E-state index contributed by atoms with van der Waals surface area (Å²) in [7, 11) is -2.17. The number of nitrogens with one attached hydrogen (secondary N) is 1. The number of ether oxygens (including phenoxy) is 2. The van der Waals surface area contributed by atoms with Crippen molar-refractivity contribution in [3.05, 3.63) is 32.9 Å². The van der Waals surface area contributed by atoms with Crippen LogP contribution in [0.4, 0.5) is 13.6 Å². The van der Waals surface area contributed by atoms with E-state index in [1.165, 1.54) is 0 Å². The highest BCUT2D eigenvalue weighted by atomic mass is 31.2. The lowest BCUT2D eigenvalue weighted by atomic mass is 10.2. The topological polar surface area (TPSA) is 154 Å². The molecule has 1 aromatic rings. The van der Waals surface area contributed by atoms with Crippen molar-refractivity contribution in [1.82, 2.24) is 14.6 Å². The second kappa shape index (κ2) is 7.01. The first-order chi connectivity index (χ1) is 11.1. The largest absolute Gasteiger partial charge is 0.427 e. The Morgan fingerprint density at radius 1 is 1.50 bits per heavy atom. The van der Waals surface area contributed by atoms with Gasteiger partial charge in [0, 0.05) is 7.05 Å². The van der Waals surface area contributed by atoms with Crippen molar-refractivity contribution in [2.45, 2.75) is 24.7 Å². The maximum absolute atomic E-state index is 14.5. The van der Waals surface area contributed by atoms with Crippen LogP contribution in [0.1, 0.15) is 6.23 Å². The van der Waals surface area contributed by atoms with Gasteiger partial charge in [-0.25, -0.2) is 14.0 Å². The highest BCUT2D eigenvalue weighted by molar-refractivity contribution is 7.63. The van der Waals surface area contributed by atoms with Crippen LogP contribution in [0.5, 0.6) is 0 Å². The van der Waals surface area contributed by atoms with Gasteiger partial charge in [0.15, 0.2) is 12.4 Å². The maximum Gasteiger partial charge on any atom is 0.386 e. The summed E-state index contributed by atoms with van der Waals surface area (Å²) in [6.45, 7) is 0. The summed E-state index contributed by atoms with van der Waals surface area (Å²) in [6.07, 6.45) is -5.50. The molecule has 0 radical (unpaired) electrons. The molecule has 11 nitrogen and oxygen atoms in total. The molecule has 4 atom stereocenters. The Hall–Kier alpha value is -1.76. The summed E-state index contributed by atoms with van der Waals surface area (Å²) < 4.78 is 37.7. The van der Waals surface area contributed by atoms with Gasteiger partial charge in [-0.2, -0.15) is 9.45 Å². The predicted molar refractivity (Wildman–Crippen MR) is 71.3 cm³/mol. The van der Waals surface area contributed by atoms with Crippen molar-refractivity contribution >= 4 is 14.1 Å². The van der Waals surface area contributed by atoms with E-state index in [1.54, 1.807) is 4.98 Å². The van der Waals surface area contributed by atoms with Crippen LogP contribution in [-0.4, -0.2) is 60.9 Å². The van der Waals surface area contributed by atoms with Crippen LogP contribution >= 0.6 is 8.38 Å². The molecule has 1 aliphatic heterocycles. The third-order valence-electron chi connectivity index (χ3n) is 3.16. The van der Waals surface area contributed by atoms with Gasteiger partial charge >= 0.3 is 11.4 Å². The number of hydroxylamine groups is 2. The number of aromatic amines is 1. The highest BCUT2D eigenvalue weighted by Crippen LogP contribution is 2.36. The second-order valence-electron chi connectivity index (χ2n) is 4.72. The minimum Gasteiger partial charge on any atom is -0.427 e. The number of halogens is 2. The lowest BCUT2D eigenvalue weighted by molar-refractivity contribution is -0.180. The zero-order chi connectivity index (χ0) is 18.2. The fourth-order valence-electron chi connectivity index (χ4n) is 2.11. The number of hydrogen-bond acceptors (Lipinski definition) is 9. The molecule has 0 amide bonds. The van der Waals surface area contributed by atoms with Gasteiger partial charge in [-0.1, -0.05) is 0 Å². The van der Waals surface area contributed by atoms with Gasteiger partial charge in [-0.3, -0.25) is 14.3 Å². The van der Waals surface area contributed by atoms with Gasteiger partial charge in [-0.15, -0.1) is 0 Å². The SMILES string of the molecule is CN(O)[C@@H]1[C@@H](OC(=O)P(O)O)O[C@@H](n2cc(F)c(=O)[nH]c2=O)[C@@H]1F. The van der Waals surface area contributed by atoms with Crippen LogP contribution in [0.3, 0.4) is 0 Å². The van der Waals surface area contributed by atoms with E-state index < -0.39 is 55.9 Å². The molecule has 0 spiro atoms. The molecule has 2 rings (SSSR count). The van der Waals surface area contributed by atoms with E-state index in [9.17, 15) is 28.4 Å². The van der Waals surface area contributed by atoms with Gasteiger partial charge in [0.2, 0.25) is 12.1 Å². The highest BCUT2D eigenvalue weighted by Gasteiger charge is 2.51. The van der Waals surface area contributed by atoms with Crippen LogP contribution in [-0.2, 0) is 9.47 Å². The summed E-state index contributed by atoms with van der Waals surface area (Å²) in [5.41, 5.74) is -4.06. The van der Waals surface area contributed by atoms with Gasteiger partial charge in [-0.05, 0) is 0 Å². The molecule has 0 saturated carbocycles. The minimum absolute atomic E-state index is 0.284. The van der Waals surface area contributed by atoms with E-state index in [1.807, 2.05) is 0 Å². The minimum atomic E-state index is -3.15. The molecule has 134 valence electrons. The molecular formula is C10H12F2N3O8P. The van der Waals surface area contributed by atoms with E-state index >= 15 is 0 Å². The van der Waals surface area contributed by atoms with E-state index in [0.29, 0.717) is 10.8 Å². The Kier molecular flexibility index (Phi) is 5.42. The zero-order valence-electron chi connectivity index (χ0n) is 11.9. The maximum atomic E-state index is 14.5. The molecule has 1 aromatic heterocycles. The lowest BCUT2D eigenvalue weighted by Gasteiger charge is -2.23. The van der Waals surface area contributed by atoms with Gasteiger partial charge in [0.25, 0.3) is 13.9 Å². The third-order valence-corrected chi connectivity index (χ3v) is 3.59. The molecule has 1 fully saturated rings. The first kappa shape index (κ1) is 18.6. The molecule has 4 N–H and O–H groups in total. The van der Waals surface area contributed by atoms with Crippen molar-refractivity contribution in [3.63, 3.8) is 0 Å². The molecule has 2 heterocycles. The number of carbonyl (C=O) groups excluding carboxylic acids is 1. The van der Waals surface area contributed by atoms with Crippen molar-refractivity contribution in [1.29, 1.82) is 0 Å². The Labute approximate surface area is 132 Å². The number of carbonyl (C=O) groups is 1. The fourth-order valence-corrected chi connectivity index (χ4v) is 2.30. The number of aromatic nitrogens is 2. The van der Waals surface area contributed by atoms with Crippen molar-refractivity contribution in [2.75, 3.05) is 7.05 Å². The molecule has 0 aromatic carbocycles. The van der Waals surface area contributed by atoms with Crippen LogP contribution in [0.15, 0.2) is 15.8 Å². The number of nitrogens with zero attached hydrogens (tertiary/aromatic N) is 2. The van der Waals surface area contributed by atoms with E-state index in [4.69, 9.17) is 14.5 Å². The summed E-state index contributed by atoms with van der Waals surface area (Å²) in [4.78, 5) is 53.0. The zero-order valence-corrected chi connectivity index (χ0v) is 12.8.